The van der Waals surface area contributed by atoms with Crippen molar-refractivity contribution in [2.24, 2.45) is 5.92 Å². The molecule has 0 saturated heterocycles. The van der Waals surface area contributed by atoms with Crippen LogP contribution in [-0.2, 0) is 22.5 Å². The largest absolute Gasteiger partial charge is 0.467 e. The highest BCUT2D eigenvalue weighted by Crippen LogP contribution is 2.40. The lowest BCUT2D eigenvalue weighted by Crippen LogP contribution is -2.17. The van der Waals surface area contributed by atoms with Gasteiger partial charge in [-0.1, -0.05) is 25.6 Å². The molecule has 176 valence electrons. The van der Waals surface area contributed by atoms with E-state index in [0.29, 0.717) is 34.1 Å². The molecule has 0 bridgehead atoms. The van der Waals surface area contributed by atoms with Gasteiger partial charge in [-0.25, -0.2) is 4.79 Å². The van der Waals surface area contributed by atoms with Gasteiger partial charge in [0.05, 0.1) is 30.7 Å². The first-order valence-electron chi connectivity index (χ1n) is 11.1. The van der Waals surface area contributed by atoms with Crippen LogP contribution in [0, 0.1) is 5.92 Å². The Hall–Kier alpha value is -2.59. The van der Waals surface area contributed by atoms with Gasteiger partial charge < -0.3 is 14.5 Å². The molecule has 1 amide bonds. The first-order chi connectivity index (χ1) is 16.0. The second-order valence-electron chi connectivity index (χ2n) is 8.40. The van der Waals surface area contributed by atoms with Crippen LogP contribution in [0.15, 0.2) is 33.3 Å². The summed E-state index contributed by atoms with van der Waals surface area (Å²) >= 11 is 2.69. The van der Waals surface area contributed by atoms with Crippen molar-refractivity contribution in [3.05, 3.63) is 46.5 Å². The van der Waals surface area contributed by atoms with E-state index in [2.05, 4.69) is 29.4 Å². The molecule has 0 aromatic carbocycles. The summed E-state index contributed by atoms with van der Waals surface area (Å²) < 4.78 is 12.8. The predicted octanol–water partition coefficient (Wildman–Crippen LogP) is 4.96. The number of hydrogen-bond donors (Lipinski definition) is 1. The molecule has 0 radical (unpaired) electrons. The zero-order valence-corrected chi connectivity index (χ0v) is 20.6. The number of furan rings is 1. The van der Waals surface area contributed by atoms with Gasteiger partial charge in [-0.05, 0) is 55.2 Å². The van der Waals surface area contributed by atoms with E-state index in [9.17, 15) is 9.59 Å². The summed E-state index contributed by atoms with van der Waals surface area (Å²) in [7, 11) is 0. The normalized spacial score (nSPS) is 13.5. The number of thioether (sulfide) groups is 1. The zero-order valence-electron chi connectivity index (χ0n) is 19.0. The Kier molecular flexibility index (Phi) is 7.54. The monoisotopic (exact) mass is 488 g/mol. The fourth-order valence-corrected chi connectivity index (χ4v) is 5.28. The molecular weight excluding hydrogens is 460 g/mol. The molecule has 0 aliphatic heterocycles. The van der Waals surface area contributed by atoms with Crippen LogP contribution in [0.3, 0.4) is 0 Å². The van der Waals surface area contributed by atoms with Crippen molar-refractivity contribution >= 4 is 40.0 Å². The highest BCUT2D eigenvalue weighted by Gasteiger charge is 2.31. The molecule has 8 nitrogen and oxygen atoms in total. The molecule has 33 heavy (non-hydrogen) atoms. The number of ether oxygens (including phenoxy) is 1. The number of thiophene rings is 1. The van der Waals surface area contributed by atoms with Crippen molar-refractivity contribution in [1.82, 2.24) is 14.8 Å². The number of rotatable bonds is 11. The Morgan fingerprint density at radius 3 is 2.85 bits per heavy atom. The summed E-state index contributed by atoms with van der Waals surface area (Å²) in [5.41, 5.74) is 1.37. The van der Waals surface area contributed by atoms with Gasteiger partial charge in [0, 0.05) is 5.92 Å². The molecule has 3 aromatic heterocycles. The van der Waals surface area contributed by atoms with Crippen LogP contribution in [0.5, 0.6) is 0 Å². The van der Waals surface area contributed by atoms with Crippen molar-refractivity contribution < 1.29 is 18.7 Å². The third-order valence-corrected chi connectivity index (χ3v) is 7.05. The lowest BCUT2D eigenvalue weighted by atomic mass is 10.0. The van der Waals surface area contributed by atoms with Crippen LogP contribution in [0.25, 0.3) is 0 Å². The molecule has 4 rings (SSSR count). The van der Waals surface area contributed by atoms with E-state index < -0.39 is 5.97 Å². The molecule has 1 N–H and O–H groups in total. The standard InChI is InChI=1S/C23H28N4O4S2/c1-4-30-22(29)19-16(10-14(2)3)12-32-21(19)24-18(28)13-33-23-26-25-20(15-7-8-15)27(23)11-17-6-5-9-31-17/h5-6,9,12,14-15H,4,7-8,10-11,13H2,1-3H3,(H,24,28). The second kappa shape index (κ2) is 10.6. The fourth-order valence-electron chi connectivity index (χ4n) is 3.55. The van der Waals surface area contributed by atoms with Crippen molar-refractivity contribution in [3.63, 3.8) is 0 Å². The van der Waals surface area contributed by atoms with Crippen LogP contribution < -0.4 is 5.32 Å². The molecule has 1 aliphatic carbocycles. The van der Waals surface area contributed by atoms with Crippen LogP contribution >= 0.6 is 23.1 Å². The van der Waals surface area contributed by atoms with Gasteiger partial charge in [-0.2, -0.15) is 0 Å². The summed E-state index contributed by atoms with van der Waals surface area (Å²) in [6.45, 7) is 6.78. The number of nitrogens with one attached hydrogen (secondary N) is 1. The molecule has 0 spiro atoms. The van der Waals surface area contributed by atoms with E-state index in [1.165, 1.54) is 23.1 Å². The highest BCUT2D eigenvalue weighted by molar-refractivity contribution is 7.99. The number of carbonyl (C=O) groups excluding carboxylic acids is 2. The van der Waals surface area contributed by atoms with E-state index >= 15 is 0 Å². The lowest BCUT2D eigenvalue weighted by Gasteiger charge is -2.10. The molecule has 3 heterocycles. The van der Waals surface area contributed by atoms with Gasteiger partial charge in [-0.15, -0.1) is 21.5 Å². The van der Waals surface area contributed by atoms with Crippen LogP contribution in [0.4, 0.5) is 5.00 Å². The molecule has 3 aromatic rings. The van der Waals surface area contributed by atoms with Crippen LogP contribution in [-0.4, -0.2) is 39.0 Å². The van der Waals surface area contributed by atoms with Gasteiger partial charge in [0.1, 0.15) is 16.6 Å². The minimum Gasteiger partial charge on any atom is -0.467 e. The third kappa shape index (κ3) is 5.86. The third-order valence-electron chi connectivity index (χ3n) is 5.14. The maximum absolute atomic E-state index is 12.8. The Morgan fingerprint density at radius 1 is 1.36 bits per heavy atom. The predicted molar refractivity (Wildman–Crippen MR) is 128 cm³/mol. The van der Waals surface area contributed by atoms with Gasteiger partial charge in [-0.3, -0.25) is 9.36 Å². The van der Waals surface area contributed by atoms with Gasteiger partial charge >= 0.3 is 5.97 Å². The van der Waals surface area contributed by atoms with Crippen molar-refractivity contribution in [1.29, 1.82) is 0 Å². The topological polar surface area (TPSA) is 99.2 Å². The summed E-state index contributed by atoms with van der Waals surface area (Å²) in [6.07, 6.45) is 4.60. The first-order valence-corrected chi connectivity index (χ1v) is 13.0. The molecule has 0 unspecified atom stereocenters. The van der Waals surface area contributed by atoms with Crippen LogP contribution in [0.2, 0.25) is 0 Å². The summed E-state index contributed by atoms with van der Waals surface area (Å²) in [4.78, 5) is 25.3. The SMILES string of the molecule is CCOC(=O)c1c(CC(C)C)csc1NC(=O)CSc1nnc(C2CC2)n1Cc1ccco1. The van der Waals surface area contributed by atoms with E-state index in [4.69, 9.17) is 9.15 Å². The fraction of sp³-hybridized carbons (Fsp3) is 0.478. The van der Waals surface area contributed by atoms with E-state index in [-0.39, 0.29) is 18.3 Å². The average molecular weight is 489 g/mol. The number of carbonyl (C=O) groups is 2. The molecule has 1 aliphatic rings. The summed E-state index contributed by atoms with van der Waals surface area (Å²) in [5, 5.41) is 14.7. The van der Waals surface area contributed by atoms with Gasteiger partial charge in [0.2, 0.25) is 5.91 Å². The van der Waals surface area contributed by atoms with Gasteiger partial charge in [0.15, 0.2) is 5.16 Å². The number of hydrogen-bond acceptors (Lipinski definition) is 8. The number of nitrogens with zero attached hydrogens (tertiary/aromatic N) is 3. The van der Waals surface area contributed by atoms with Crippen LogP contribution in [0.1, 0.15) is 67.0 Å². The maximum Gasteiger partial charge on any atom is 0.341 e. The molecule has 1 fully saturated rings. The van der Waals surface area contributed by atoms with Crippen molar-refractivity contribution in [2.75, 3.05) is 17.7 Å². The molecule has 1 saturated carbocycles. The number of aromatic nitrogens is 3. The average Bonchev–Trinajstić information content (AvgIpc) is 3.15. The number of esters is 1. The minimum atomic E-state index is -0.399. The highest BCUT2D eigenvalue weighted by atomic mass is 32.2. The van der Waals surface area contributed by atoms with Crippen molar-refractivity contribution in [3.8, 4) is 0 Å². The van der Waals surface area contributed by atoms with E-state index in [1.807, 2.05) is 22.1 Å². The molecule has 0 atom stereocenters. The smallest absolute Gasteiger partial charge is 0.341 e. The van der Waals surface area contributed by atoms with Gasteiger partial charge in [0.25, 0.3) is 0 Å². The lowest BCUT2D eigenvalue weighted by molar-refractivity contribution is -0.113. The second-order valence-corrected chi connectivity index (χ2v) is 10.2. The zero-order chi connectivity index (χ0) is 23.4. The Labute approximate surface area is 201 Å². The number of amides is 1. The van der Waals surface area contributed by atoms with E-state index in [1.54, 1.807) is 13.2 Å². The maximum atomic E-state index is 12.8. The Morgan fingerprint density at radius 2 is 2.18 bits per heavy atom. The molecule has 10 heteroatoms. The van der Waals surface area contributed by atoms with E-state index in [0.717, 1.165) is 36.4 Å². The minimum absolute atomic E-state index is 0.153. The Bertz CT molecular complexity index is 1100. The van der Waals surface area contributed by atoms with Crippen molar-refractivity contribution in [2.45, 2.75) is 57.7 Å². The Balaban J connectivity index is 1.45. The molecular formula is C23H28N4O4S2. The number of anilines is 1. The summed E-state index contributed by atoms with van der Waals surface area (Å²) in [6, 6.07) is 3.77. The first kappa shape index (κ1) is 23.6. The summed E-state index contributed by atoms with van der Waals surface area (Å²) in [5.74, 6) is 2.12. The quantitative estimate of drug-likeness (QED) is 0.301.